The fourth-order valence-electron chi connectivity index (χ4n) is 1.49. The van der Waals surface area contributed by atoms with Crippen molar-refractivity contribution in [1.29, 1.82) is 0 Å². The average molecular weight is 261 g/mol. The van der Waals surface area contributed by atoms with Crippen LogP contribution in [0.5, 0.6) is 0 Å². The molecule has 2 aromatic rings. The lowest BCUT2D eigenvalue weighted by Crippen LogP contribution is -2.24. The van der Waals surface area contributed by atoms with Crippen LogP contribution < -0.4 is 5.56 Å². The summed E-state index contributed by atoms with van der Waals surface area (Å²) in [4.78, 5) is 25.5. The van der Waals surface area contributed by atoms with Gasteiger partial charge in [-0.15, -0.1) is 0 Å². The van der Waals surface area contributed by atoms with Crippen molar-refractivity contribution in [2.45, 2.75) is 13.1 Å². The van der Waals surface area contributed by atoms with Gasteiger partial charge in [0, 0.05) is 11.6 Å². The highest BCUT2D eigenvalue weighted by atomic mass is 19.4. The van der Waals surface area contributed by atoms with Gasteiger partial charge in [-0.05, 0) is 6.92 Å². The topological polar surface area (TPSA) is 87.5 Å². The molecule has 0 aliphatic rings. The Bertz CT molecular complexity index is 699. The van der Waals surface area contributed by atoms with Gasteiger partial charge >= 0.3 is 12.1 Å². The Morgan fingerprint density at radius 2 is 2.11 bits per heavy atom. The summed E-state index contributed by atoms with van der Waals surface area (Å²) >= 11 is 0. The number of carboxylic acids is 1. The van der Waals surface area contributed by atoms with E-state index in [1.165, 1.54) is 0 Å². The molecule has 0 saturated heterocycles. The Hall–Kier alpha value is -2.32. The van der Waals surface area contributed by atoms with Crippen molar-refractivity contribution in [2.24, 2.45) is 0 Å². The summed E-state index contributed by atoms with van der Waals surface area (Å²) in [7, 11) is 0. The number of H-pyrrole nitrogens is 1. The summed E-state index contributed by atoms with van der Waals surface area (Å²) in [5.41, 5.74) is -3.71. The Morgan fingerprint density at radius 1 is 1.50 bits per heavy atom. The van der Waals surface area contributed by atoms with Gasteiger partial charge < -0.3 is 5.11 Å². The van der Waals surface area contributed by atoms with Crippen LogP contribution in [-0.4, -0.2) is 25.7 Å². The minimum atomic E-state index is -4.77. The van der Waals surface area contributed by atoms with Crippen molar-refractivity contribution >= 4 is 11.6 Å². The molecule has 2 rings (SSSR count). The van der Waals surface area contributed by atoms with Crippen LogP contribution in [0.4, 0.5) is 13.2 Å². The molecule has 2 N–H and O–H groups in total. The Kier molecular flexibility index (Phi) is 2.42. The average Bonchev–Trinajstić information content (AvgIpc) is 2.65. The minimum Gasteiger partial charge on any atom is -0.477 e. The van der Waals surface area contributed by atoms with Gasteiger partial charge in [0.05, 0.1) is 0 Å². The highest BCUT2D eigenvalue weighted by Gasteiger charge is 2.36. The molecule has 0 radical (unpaired) electrons. The van der Waals surface area contributed by atoms with E-state index in [4.69, 9.17) is 5.11 Å². The van der Waals surface area contributed by atoms with Crippen LogP contribution in [0.25, 0.3) is 5.65 Å². The number of nitrogens with zero attached hydrogens (tertiary/aromatic N) is 2. The third-order valence-electron chi connectivity index (χ3n) is 2.34. The van der Waals surface area contributed by atoms with E-state index in [-0.39, 0.29) is 0 Å². The maximum Gasteiger partial charge on any atom is 0.433 e. The molecule has 96 valence electrons. The number of carbonyl (C=O) groups is 1. The molecule has 0 unspecified atom stereocenters. The first-order valence-electron chi connectivity index (χ1n) is 4.64. The molecule has 0 atom stereocenters. The molecule has 2 aromatic heterocycles. The van der Waals surface area contributed by atoms with Crippen molar-refractivity contribution in [2.75, 3.05) is 0 Å². The molecular weight excluding hydrogens is 255 g/mol. The molecule has 0 aromatic carbocycles. The SMILES string of the molecule is Cc1c(C(F)(F)F)nc2cc(C(=O)O)[nH]n2c1=O. The van der Waals surface area contributed by atoms with Crippen LogP contribution in [0.2, 0.25) is 0 Å². The number of fused-ring (bicyclic) bond motifs is 1. The number of halogens is 3. The summed E-state index contributed by atoms with van der Waals surface area (Å²) in [5, 5.41) is 10.8. The standard InChI is InChI=1S/C9H6F3N3O3/c1-3-6(9(10,11)12)13-5-2-4(8(17)18)14-15(5)7(3)16/h2,14H,1H3,(H,17,18). The summed E-state index contributed by atoms with van der Waals surface area (Å²) in [5.74, 6) is -1.40. The van der Waals surface area contributed by atoms with Gasteiger partial charge in [-0.3, -0.25) is 9.89 Å². The molecular formula is C9H6F3N3O3. The highest BCUT2D eigenvalue weighted by molar-refractivity contribution is 5.86. The monoisotopic (exact) mass is 261 g/mol. The van der Waals surface area contributed by atoms with E-state index in [9.17, 15) is 22.8 Å². The first-order chi connectivity index (χ1) is 8.21. The van der Waals surface area contributed by atoms with E-state index in [0.29, 0.717) is 4.52 Å². The predicted molar refractivity (Wildman–Crippen MR) is 52.5 cm³/mol. The van der Waals surface area contributed by atoms with Crippen molar-refractivity contribution < 1.29 is 23.1 Å². The summed E-state index contributed by atoms with van der Waals surface area (Å²) < 4.78 is 38.4. The number of alkyl halides is 3. The maximum atomic E-state index is 12.6. The molecule has 9 heteroatoms. The Morgan fingerprint density at radius 3 is 2.61 bits per heavy atom. The second-order valence-corrected chi connectivity index (χ2v) is 3.56. The van der Waals surface area contributed by atoms with E-state index in [1.807, 2.05) is 0 Å². The van der Waals surface area contributed by atoms with Gasteiger partial charge in [0.2, 0.25) is 0 Å². The molecule has 0 amide bonds. The van der Waals surface area contributed by atoms with Crippen molar-refractivity contribution in [3.8, 4) is 0 Å². The van der Waals surface area contributed by atoms with Crippen LogP contribution in [0.15, 0.2) is 10.9 Å². The number of carboxylic acid groups (broad SMARTS) is 1. The molecule has 0 aliphatic heterocycles. The minimum absolute atomic E-state index is 0.393. The highest BCUT2D eigenvalue weighted by Crippen LogP contribution is 2.29. The van der Waals surface area contributed by atoms with Gasteiger partial charge in [-0.2, -0.15) is 13.2 Å². The van der Waals surface area contributed by atoms with E-state index < -0.39 is 40.3 Å². The summed E-state index contributed by atoms with van der Waals surface area (Å²) in [6.07, 6.45) is -4.77. The van der Waals surface area contributed by atoms with Crippen LogP contribution in [0.3, 0.4) is 0 Å². The quantitative estimate of drug-likeness (QED) is 0.803. The third-order valence-corrected chi connectivity index (χ3v) is 2.34. The first-order valence-corrected chi connectivity index (χ1v) is 4.64. The smallest absolute Gasteiger partial charge is 0.433 e. The molecule has 18 heavy (non-hydrogen) atoms. The summed E-state index contributed by atoms with van der Waals surface area (Å²) in [6.45, 7) is 0.978. The van der Waals surface area contributed by atoms with Crippen LogP contribution >= 0.6 is 0 Å². The van der Waals surface area contributed by atoms with Crippen molar-refractivity contribution in [1.82, 2.24) is 14.6 Å². The molecule has 0 bridgehead atoms. The van der Waals surface area contributed by atoms with Crippen molar-refractivity contribution in [3.63, 3.8) is 0 Å². The largest absolute Gasteiger partial charge is 0.477 e. The lowest BCUT2D eigenvalue weighted by Gasteiger charge is -2.08. The third kappa shape index (κ3) is 1.73. The number of rotatable bonds is 1. The van der Waals surface area contributed by atoms with Gasteiger partial charge in [0.1, 0.15) is 5.69 Å². The second-order valence-electron chi connectivity index (χ2n) is 3.56. The first kappa shape index (κ1) is 12.1. The van der Waals surface area contributed by atoms with Crippen LogP contribution in [-0.2, 0) is 6.18 Å². The number of aromatic carboxylic acids is 1. The number of aromatic nitrogens is 3. The lowest BCUT2D eigenvalue weighted by atomic mass is 10.2. The fraction of sp³-hybridized carbons (Fsp3) is 0.222. The molecule has 0 saturated carbocycles. The fourth-order valence-corrected chi connectivity index (χ4v) is 1.49. The van der Waals surface area contributed by atoms with Gasteiger partial charge in [0.15, 0.2) is 11.3 Å². The second kappa shape index (κ2) is 3.59. The molecule has 6 nitrogen and oxygen atoms in total. The van der Waals surface area contributed by atoms with Gasteiger partial charge in [0.25, 0.3) is 5.56 Å². The molecule has 2 heterocycles. The Balaban J connectivity index is 2.84. The molecule has 0 aliphatic carbocycles. The number of nitrogens with one attached hydrogen (secondary N) is 1. The number of hydrogen-bond acceptors (Lipinski definition) is 3. The van der Waals surface area contributed by atoms with Gasteiger partial charge in [-0.25, -0.2) is 14.3 Å². The van der Waals surface area contributed by atoms with Gasteiger partial charge in [-0.1, -0.05) is 0 Å². The van der Waals surface area contributed by atoms with Crippen LogP contribution in [0, 0.1) is 6.92 Å². The zero-order valence-electron chi connectivity index (χ0n) is 8.87. The predicted octanol–water partition coefficient (Wildman–Crippen LogP) is 1.05. The Labute approximate surface area is 96.7 Å². The van der Waals surface area contributed by atoms with E-state index in [2.05, 4.69) is 10.1 Å². The van der Waals surface area contributed by atoms with E-state index in [0.717, 1.165) is 13.0 Å². The van der Waals surface area contributed by atoms with Crippen LogP contribution in [0.1, 0.15) is 21.7 Å². The lowest BCUT2D eigenvalue weighted by molar-refractivity contribution is -0.141. The van der Waals surface area contributed by atoms with E-state index in [1.54, 1.807) is 0 Å². The number of hydrogen-bond donors (Lipinski definition) is 2. The molecule has 0 spiro atoms. The molecule has 0 fully saturated rings. The van der Waals surface area contributed by atoms with E-state index >= 15 is 0 Å². The van der Waals surface area contributed by atoms with Crippen molar-refractivity contribution in [3.05, 3.63) is 33.4 Å². The summed E-state index contributed by atoms with van der Waals surface area (Å²) in [6, 6.07) is 0.860. The normalized spacial score (nSPS) is 12.0. The maximum absolute atomic E-state index is 12.6. The zero-order valence-corrected chi connectivity index (χ0v) is 8.87. The zero-order chi connectivity index (χ0) is 13.7. The number of aromatic amines is 1.